The first-order valence-corrected chi connectivity index (χ1v) is 14.5. The lowest BCUT2D eigenvalue weighted by molar-refractivity contribution is -0.137. The number of hydrogen-bond donors (Lipinski definition) is 2. The van der Waals surface area contributed by atoms with E-state index in [0.29, 0.717) is 12.5 Å². The van der Waals surface area contributed by atoms with E-state index in [0.717, 1.165) is 63.4 Å². The van der Waals surface area contributed by atoms with Crippen molar-refractivity contribution in [2.75, 3.05) is 37.7 Å². The van der Waals surface area contributed by atoms with Gasteiger partial charge in [-0.3, -0.25) is 4.79 Å². The largest absolute Gasteiger partial charge is 0.481 e. The highest BCUT2D eigenvalue weighted by atomic mass is 16.4. The minimum absolute atomic E-state index is 0.174. The van der Waals surface area contributed by atoms with E-state index in [1.54, 1.807) is 0 Å². The minimum atomic E-state index is -0.729. The fourth-order valence-electron chi connectivity index (χ4n) is 6.31. The normalized spacial score (nSPS) is 18.9. The van der Waals surface area contributed by atoms with Gasteiger partial charge in [-0.05, 0) is 98.2 Å². The number of piperidine rings is 1. The number of aliphatic hydroxyl groups is 1. The number of anilines is 1. The number of aromatic nitrogens is 1. The molecule has 0 spiro atoms. The molecule has 1 aliphatic carbocycles. The third-order valence-corrected chi connectivity index (χ3v) is 8.88. The third kappa shape index (κ3) is 6.76. The maximum Gasteiger partial charge on any atom is 0.303 e. The van der Waals surface area contributed by atoms with Crippen LogP contribution in [-0.4, -0.2) is 64.9 Å². The second-order valence-corrected chi connectivity index (χ2v) is 12.6. The molecular formula is C32H47N3O3. The van der Waals surface area contributed by atoms with Gasteiger partial charge in [0.05, 0.1) is 5.69 Å². The summed E-state index contributed by atoms with van der Waals surface area (Å²) in [7, 11) is 0. The van der Waals surface area contributed by atoms with Gasteiger partial charge in [0, 0.05) is 37.7 Å². The first-order valence-electron chi connectivity index (χ1n) is 14.5. The summed E-state index contributed by atoms with van der Waals surface area (Å²) in [6, 6.07) is 13.8. The molecule has 6 nitrogen and oxygen atoms in total. The molecule has 0 unspecified atom stereocenters. The fourth-order valence-corrected chi connectivity index (χ4v) is 6.31. The number of carboxylic acid groups (broad SMARTS) is 1. The number of fused-ring (bicyclic) bond motifs is 1. The average molecular weight is 522 g/mol. The highest BCUT2D eigenvalue weighted by molar-refractivity contribution is 5.66. The molecule has 0 amide bonds. The van der Waals surface area contributed by atoms with Crippen molar-refractivity contribution in [3.05, 3.63) is 47.5 Å². The molecule has 2 N–H and O–H groups in total. The summed E-state index contributed by atoms with van der Waals surface area (Å²) in [4.78, 5) is 21.0. The van der Waals surface area contributed by atoms with E-state index in [4.69, 9.17) is 10.1 Å². The van der Waals surface area contributed by atoms with Crippen LogP contribution in [0, 0.1) is 0 Å². The number of aliphatic hydroxyl groups excluding tert-OH is 1. The van der Waals surface area contributed by atoms with Crippen LogP contribution in [0.25, 0.3) is 11.3 Å². The second kappa shape index (κ2) is 12.2. The Morgan fingerprint density at radius 1 is 0.974 bits per heavy atom. The van der Waals surface area contributed by atoms with Crippen LogP contribution >= 0.6 is 0 Å². The molecular weight excluding hydrogens is 474 g/mol. The van der Waals surface area contributed by atoms with E-state index < -0.39 is 5.97 Å². The zero-order valence-electron chi connectivity index (χ0n) is 23.9. The molecule has 0 atom stereocenters. The highest BCUT2D eigenvalue weighted by Crippen LogP contribution is 2.46. The molecule has 0 bridgehead atoms. The van der Waals surface area contributed by atoms with Gasteiger partial charge in [0.15, 0.2) is 0 Å². The van der Waals surface area contributed by atoms with E-state index in [2.05, 4.69) is 73.9 Å². The summed E-state index contributed by atoms with van der Waals surface area (Å²) in [5.74, 6) is 0.309. The van der Waals surface area contributed by atoms with Crippen LogP contribution in [0.1, 0.15) is 90.2 Å². The van der Waals surface area contributed by atoms with Crippen molar-refractivity contribution in [2.45, 2.75) is 95.9 Å². The Labute approximate surface area is 229 Å². The standard InChI is InChI=1S/C32H47N3O3/c1-31(2)16-17-32(3,4)27-23-24(12-13-26(27)31)28-9-7-10-29(33-28)35-20-14-25(15-21-35)34(18-5-6-22-36)19-8-11-30(37)38/h7,9-10,12-13,23,25,36H,5-6,8,11,14-22H2,1-4H3,(H,37,38). The van der Waals surface area contributed by atoms with E-state index in [9.17, 15) is 9.90 Å². The highest BCUT2D eigenvalue weighted by Gasteiger charge is 2.37. The lowest BCUT2D eigenvalue weighted by Gasteiger charge is -2.42. The molecule has 1 aromatic heterocycles. The quantitative estimate of drug-likeness (QED) is 0.353. The van der Waals surface area contributed by atoms with E-state index in [1.807, 2.05) is 0 Å². The Morgan fingerprint density at radius 3 is 2.34 bits per heavy atom. The first kappa shape index (κ1) is 28.6. The summed E-state index contributed by atoms with van der Waals surface area (Å²) in [6.45, 7) is 13.3. The number of benzene rings is 1. The van der Waals surface area contributed by atoms with Crippen molar-refractivity contribution in [1.29, 1.82) is 0 Å². The number of aliphatic carboxylic acids is 1. The molecule has 6 heteroatoms. The summed E-state index contributed by atoms with van der Waals surface area (Å²) >= 11 is 0. The van der Waals surface area contributed by atoms with Crippen molar-refractivity contribution in [3.63, 3.8) is 0 Å². The topological polar surface area (TPSA) is 76.9 Å². The van der Waals surface area contributed by atoms with Crippen molar-refractivity contribution < 1.29 is 15.0 Å². The second-order valence-electron chi connectivity index (χ2n) is 12.6. The molecule has 4 rings (SSSR count). The van der Waals surface area contributed by atoms with E-state index >= 15 is 0 Å². The van der Waals surface area contributed by atoms with Crippen molar-refractivity contribution in [3.8, 4) is 11.3 Å². The molecule has 1 fully saturated rings. The van der Waals surface area contributed by atoms with Gasteiger partial charge in [-0.15, -0.1) is 0 Å². The lowest BCUT2D eigenvalue weighted by atomic mass is 9.63. The third-order valence-electron chi connectivity index (χ3n) is 8.88. The number of carbonyl (C=O) groups is 1. The van der Waals surface area contributed by atoms with Gasteiger partial charge in [0.25, 0.3) is 0 Å². The van der Waals surface area contributed by atoms with Crippen molar-refractivity contribution >= 4 is 11.8 Å². The summed E-state index contributed by atoms with van der Waals surface area (Å²) in [5, 5.41) is 18.3. The number of hydrogen-bond acceptors (Lipinski definition) is 5. The Balaban J connectivity index is 1.45. The number of carboxylic acids is 1. The summed E-state index contributed by atoms with van der Waals surface area (Å²) in [6.07, 6.45) is 7.13. The van der Waals surface area contributed by atoms with E-state index in [-0.39, 0.29) is 23.9 Å². The SMILES string of the molecule is CC1(C)CCC(C)(C)c2cc(-c3cccc(N4CCC(N(CCCCO)CCCC(=O)O)CC4)n3)ccc21. The molecule has 0 saturated carbocycles. The maximum atomic E-state index is 11.0. The van der Waals surface area contributed by atoms with Crippen LogP contribution in [0.2, 0.25) is 0 Å². The smallest absolute Gasteiger partial charge is 0.303 e. The monoisotopic (exact) mass is 521 g/mol. The predicted molar refractivity (Wildman–Crippen MR) is 155 cm³/mol. The Morgan fingerprint density at radius 2 is 1.66 bits per heavy atom. The van der Waals surface area contributed by atoms with Gasteiger partial charge in [0.1, 0.15) is 5.82 Å². The zero-order chi connectivity index (χ0) is 27.3. The fraction of sp³-hybridized carbons (Fsp3) is 0.625. The molecule has 1 saturated heterocycles. The lowest BCUT2D eigenvalue weighted by Crippen LogP contribution is -2.46. The van der Waals surface area contributed by atoms with Crippen molar-refractivity contribution in [2.24, 2.45) is 0 Å². The molecule has 2 aromatic rings. The predicted octanol–water partition coefficient (Wildman–Crippen LogP) is 6.01. The number of unbranched alkanes of at least 4 members (excludes halogenated alkanes) is 1. The Hall–Kier alpha value is -2.44. The molecule has 2 heterocycles. The van der Waals surface area contributed by atoms with Gasteiger partial charge in [-0.25, -0.2) is 4.98 Å². The molecule has 208 valence electrons. The summed E-state index contributed by atoms with van der Waals surface area (Å²) < 4.78 is 0. The first-order chi connectivity index (χ1) is 18.1. The van der Waals surface area contributed by atoms with Crippen LogP contribution in [0.4, 0.5) is 5.82 Å². The van der Waals surface area contributed by atoms with Gasteiger partial charge >= 0.3 is 5.97 Å². The average Bonchev–Trinajstić information content (AvgIpc) is 2.90. The Bertz CT molecular complexity index is 1090. The van der Waals surface area contributed by atoms with Gasteiger partial charge in [-0.1, -0.05) is 45.9 Å². The zero-order valence-corrected chi connectivity index (χ0v) is 23.9. The summed E-state index contributed by atoms with van der Waals surface area (Å²) in [5.41, 5.74) is 5.55. The molecule has 38 heavy (non-hydrogen) atoms. The van der Waals surface area contributed by atoms with Crippen molar-refractivity contribution in [1.82, 2.24) is 9.88 Å². The van der Waals surface area contributed by atoms with Gasteiger partial charge in [-0.2, -0.15) is 0 Å². The maximum absolute atomic E-state index is 11.0. The Kier molecular flexibility index (Phi) is 9.15. The molecule has 0 radical (unpaired) electrons. The molecule has 1 aromatic carbocycles. The van der Waals surface area contributed by atoms with Crippen LogP contribution in [0.15, 0.2) is 36.4 Å². The molecule has 2 aliphatic rings. The van der Waals surface area contributed by atoms with Crippen LogP contribution in [-0.2, 0) is 15.6 Å². The number of nitrogens with zero attached hydrogens (tertiary/aromatic N) is 3. The number of rotatable bonds is 11. The van der Waals surface area contributed by atoms with Gasteiger partial charge < -0.3 is 20.0 Å². The van der Waals surface area contributed by atoms with Crippen LogP contribution < -0.4 is 4.90 Å². The molecule has 1 aliphatic heterocycles. The van der Waals surface area contributed by atoms with Crippen LogP contribution in [0.3, 0.4) is 0 Å². The number of pyridine rings is 1. The van der Waals surface area contributed by atoms with Crippen LogP contribution in [0.5, 0.6) is 0 Å². The van der Waals surface area contributed by atoms with E-state index in [1.165, 1.54) is 29.5 Å². The van der Waals surface area contributed by atoms with Gasteiger partial charge in [0.2, 0.25) is 0 Å². The minimum Gasteiger partial charge on any atom is -0.481 e.